The Morgan fingerprint density at radius 3 is 2.90 bits per heavy atom. The van der Waals surface area contributed by atoms with E-state index in [4.69, 9.17) is 22.1 Å². The van der Waals surface area contributed by atoms with Gasteiger partial charge in [-0.2, -0.15) is 0 Å². The topological polar surface area (TPSA) is 35.2 Å². The Kier molecular flexibility index (Phi) is 4.73. The van der Waals surface area contributed by atoms with Gasteiger partial charge in [-0.15, -0.1) is 11.8 Å². The van der Waals surface area contributed by atoms with E-state index in [0.717, 1.165) is 46.4 Å². The van der Waals surface area contributed by atoms with Crippen LogP contribution in [0.4, 0.5) is 0 Å². The minimum Gasteiger partial charge on any atom is -0.493 e. The van der Waals surface area contributed by atoms with E-state index in [-0.39, 0.29) is 6.04 Å². The van der Waals surface area contributed by atoms with E-state index in [1.165, 1.54) is 5.56 Å². The van der Waals surface area contributed by atoms with Crippen LogP contribution in [0.5, 0.6) is 5.75 Å². The van der Waals surface area contributed by atoms with Crippen molar-refractivity contribution in [3.05, 3.63) is 58.6 Å². The highest BCUT2D eigenvalue weighted by Crippen LogP contribution is 2.35. The number of hydrogen-bond donors (Lipinski definition) is 1. The molecule has 2 nitrogen and oxygen atoms in total. The van der Waals surface area contributed by atoms with Crippen LogP contribution in [0.1, 0.15) is 23.6 Å². The van der Waals surface area contributed by atoms with Crippen molar-refractivity contribution in [2.24, 2.45) is 5.73 Å². The lowest BCUT2D eigenvalue weighted by atomic mass is 9.99. The highest BCUT2D eigenvalue weighted by atomic mass is 35.5. The maximum atomic E-state index is 6.37. The largest absolute Gasteiger partial charge is 0.493 e. The number of rotatable bonds is 4. The Morgan fingerprint density at radius 1 is 1.19 bits per heavy atom. The first-order chi connectivity index (χ1) is 10.3. The first-order valence-electron chi connectivity index (χ1n) is 7.13. The molecule has 2 N–H and O–H groups in total. The molecule has 0 radical (unpaired) electrons. The Bertz CT molecular complexity index is 632. The van der Waals surface area contributed by atoms with Crippen molar-refractivity contribution in [3.8, 4) is 5.75 Å². The van der Waals surface area contributed by atoms with Crippen molar-refractivity contribution in [2.45, 2.75) is 23.8 Å². The lowest BCUT2D eigenvalue weighted by Gasteiger charge is -2.23. The summed E-state index contributed by atoms with van der Waals surface area (Å²) in [5, 5.41) is 0.779. The van der Waals surface area contributed by atoms with Crippen LogP contribution in [0.2, 0.25) is 5.02 Å². The third-order valence-corrected chi connectivity index (χ3v) is 5.25. The van der Waals surface area contributed by atoms with Crippen LogP contribution >= 0.6 is 23.4 Å². The predicted octanol–water partition coefficient (Wildman–Crippen LogP) is 4.46. The molecule has 0 spiro atoms. The van der Waals surface area contributed by atoms with Crippen LogP contribution in [0.25, 0.3) is 0 Å². The maximum absolute atomic E-state index is 6.37. The average Bonchev–Trinajstić information content (AvgIpc) is 2.53. The Balaban J connectivity index is 1.74. The lowest BCUT2D eigenvalue weighted by molar-refractivity contribution is 0.284. The number of benzene rings is 2. The molecule has 2 aromatic carbocycles. The van der Waals surface area contributed by atoms with Crippen LogP contribution in [0, 0.1) is 0 Å². The second-order valence-electron chi connectivity index (χ2n) is 5.14. The third kappa shape index (κ3) is 3.37. The van der Waals surface area contributed by atoms with Crippen molar-refractivity contribution in [1.82, 2.24) is 0 Å². The molecule has 4 heteroatoms. The van der Waals surface area contributed by atoms with E-state index in [1.54, 1.807) is 11.8 Å². The van der Waals surface area contributed by atoms with Gasteiger partial charge in [0.15, 0.2) is 0 Å². The smallest absolute Gasteiger partial charge is 0.127 e. The summed E-state index contributed by atoms with van der Waals surface area (Å²) in [7, 11) is 0. The molecule has 0 saturated heterocycles. The number of para-hydroxylation sites is 1. The summed E-state index contributed by atoms with van der Waals surface area (Å²) < 4.78 is 5.84. The molecule has 0 bridgehead atoms. The van der Waals surface area contributed by atoms with Gasteiger partial charge in [0.1, 0.15) is 5.75 Å². The van der Waals surface area contributed by atoms with Gasteiger partial charge in [-0.25, -0.2) is 0 Å². The number of aryl methyl sites for hydroxylation is 1. The first kappa shape index (κ1) is 14.8. The summed E-state index contributed by atoms with van der Waals surface area (Å²) in [6, 6.07) is 14.1. The van der Waals surface area contributed by atoms with Gasteiger partial charge in [-0.05, 0) is 30.5 Å². The fourth-order valence-electron chi connectivity index (χ4n) is 2.54. The highest BCUT2D eigenvalue weighted by Gasteiger charge is 2.18. The fourth-order valence-corrected chi connectivity index (χ4v) is 3.76. The van der Waals surface area contributed by atoms with E-state index in [2.05, 4.69) is 18.2 Å². The molecule has 1 aliphatic heterocycles. The standard InChI is InChI=1S/C17H18ClNOS/c18-14-8-1-2-9-16(14)21-11-15(19)13-7-3-5-12-6-4-10-20-17(12)13/h1-3,5,7-9,15H,4,6,10-11,19H2. The second kappa shape index (κ2) is 6.73. The SMILES string of the molecule is NC(CSc1ccccc1Cl)c1cccc2c1OCCC2. The van der Waals surface area contributed by atoms with E-state index >= 15 is 0 Å². The molecule has 0 aliphatic carbocycles. The van der Waals surface area contributed by atoms with Gasteiger partial charge in [0, 0.05) is 22.3 Å². The van der Waals surface area contributed by atoms with Crippen molar-refractivity contribution >= 4 is 23.4 Å². The third-order valence-electron chi connectivity index (χ3n) is 3.62. The molecule has 0 fully saturated rings. The fraction of sp³-hybridized carbons (Fsp3) is 0.294. The number of nitrogens with two attached hydrogens (primary N) is 1. The van der Waals surface area contributed by atoms with Gasteiger partial charge in [-0.3, -0.25) is 0 Å². The van der Waals surface area contributed by atoms with Gasteiger partial charge < -0.3 is 10.5 Å². The maximum Gasteiger partial charge on any atom is 0.127 e. The van der Waals surface area contributed by atoms with Crippen molar-refractivity contribution in [2.75, 3.05) is 12.4 Å². The molecule has 110 valence electrons. The first-order valence-corrected chi connectivity index (χ1v) is 8.49. The monoisotopic (exact) mass is 319 g/mol. The summed E-state index contributed by atoms with van der Waals surface area (Å²) >= 11 is 7.87. The molecular weight excluding hydrogens is 302 g/mol. The number of ether oxygens (including phenoxy) is 1. The summed E-state index contributed by atoms with van der Waals surface area (Å²) in [6.45, 7) is 0.786. The molecule has 0 aromatic heterocycles. The predicted molar refractivity (Wildman–Crippen MR) is 89.4 cm³/mol. The molecule has 0 amide bonds. The molecule has 1 aliphatic rings. The van der Waals surface area contributed by atoms with Crippen LogP contribution in [0.15, 0.2) is 47.4 Å². The normalized spacial score (nSPS) is 15.1. The van der Waals surface area contributed by atoms with E-state index < -0.39 is 0 Å². The zero-order chi connectivity index (χ0) is 14.7. The number of halogens is 1. The Hall–Kier alpha value is -1.16. The summed E-state index contributed by atoms with van der Waals surface area (Å²) in [5.74, 6) is 1.78. The zero-order valence-electron chi connectivity index (χ0n) is 11.7. The van der Waals surface area contributed by atoms with Gasteiger partial charge in [-0.1, -0.05) is 41.9 Å². The average molecular weight is 320 g/mol. The second-order valence-corrected chi connectivity index (χ2v) is 6.60. The molecule has 1 heterocycles. The lowest BCUT2D eigenvalue weighted by Crippen LogP contribution is -2.18. The Labute approximate surface area is 134 Å². The van der Waals surface area contributed by atoms with Gasteiger partial charge in [0.05, 0.1) is 11.6 Å². The summed E-state index contributed by atoms with van der Waals surface area (Å²) in [5.41, 5.74) is 8.75. The van der Waals surface area contributed by atoms with Crippen LogP contribution in [-0.4, -0.2) is 12.4 Å². The molecule has 3 rings (SSSR count). The van der Waals surface area contributed by atoms with Crippen molar-refractivity contribution < 1.29 is 4.74 Å². The van der Waals surface area contributed by atoms with Crippen LogP contribution in [0.3, 0.4) is 0 Å². The Morgan fingerprint density at radius 2 is 2.05 bits per heavy atom. The number of hydrogen-bond acceptors (Lipinski definition) is 3. The van der Waals surface area contributed by atoms with Crippen molar-refractivity contribution in [1.29, 1.82) is 0 Å². The zero-order valence-corrected chi connectivity index (χ0v) is 13.3. The van der Waals surface area contributed by atoms with E-state index in [1.807, 2.05) is 24.3 Å². The van der Waals surface area contributed by atoms with Gasteiger partial charge in [0.2, 0.25) is 0 Å². The van der Waals surface area contributed by atoms with Gasteiger partial charge >= 0.3 is 0 Å². The van der Waals surface area contributed by atoms with E-state index in [9.17, 15) is 0 Å². The summed E-state index contributed by atoms with van der Waals surface area (Å²) in [6.07, 6.45) is 2.16. The summed E-state index contributed by atoms with van der Waals surface area (Å²) in [4.78, 5) is 1.07. The van der Waals surface area contributed by atoms with Crippen LogP contribution in [-0.2, 0) is 6.42 Å². The molecule has 1 atom stereocenters. The van der Waals surface area contributed by atoms with Crippen LogP contribution < -0.4 is 10.5 Å². The van der Waals surface area contributed by atoms with Crippen molar-refractivity contribution in [3.63, 3.8) is 0 Å². The molecule has 1 unspecified atom stereocenters. The highest BCUT2D eigenvalue weighted by molar-refractivity contribution is 7.99. The quantitative estimate of drug-likeness (QED) is 0.845. The molecule has 21 heavy (non-hydrogen) atoms. The number of fused-ring (bicyclic) bond motifs is 1. The number of thioether (sulfide) groups is 1. The minimum absolute atomic E-state index is 0.0562. The van der Waals surface area contributed by atoms with E-state index in [0.29, 0.717) is 0 Å². The van der Waals surface area contributed by atoms with Gasteiger partial charge in [0.25, 0.3) is 0 Å². The minimum atomic E-state index is -0.0562. The molecule has 2 aromatic rings. The molecular formula is C17H18ClNOS. The molecule has 0 saturated carbocycles.